The number of aliphatic hydroxyl groups excluding tert-OH is 15. The summed E-state index contributed by atoms with van der Waals surface area (Å²) in [5.74, 6) is -7.68. The number of nitrogens with one attached hydrogen (secondary N) is 3. The van der Waals surface area contributed by atoms with Gasteiger partial charge in [-0.15, -0.1) is 0 Å². The summed E-state index contributed by atoms with van der Waals surface area (Å²) in [5, 5.41) is 177. The van der Waals surface area contributed by atoms with Gasteiger partial charge >= 0.3 is 5.97 Å². The van der Waals surface area contributed by atoms with E-state index < -0.39 is 216 Å². The SMILES string of the molecule is CC(=O)N[C@H]1[C@H](O[C@@H]([C@@H](O)[C@H](O)CO[C@]2(C(=O)O)C[C@H](O)[C@@H](NC(C)=O)[C@H]([C@H](O)[C@H](O)CO)O2)[C@H](CO)NC(C)=O)O[C@H](CO)[C@@H](O[C@@H]2O[C@@H](C)[C@@H](O)[C@@H](O)[C@@H]2O)[C@@H]1O[C@@H]1O[C@H](CO)[C@H](O)[C@H](O)[C@H]1O. The summed E-state index contributed by atoms with van der Waals surface area (Å²) in [6.45, 7) is -1.38. The summed E-state index contributed by atoms with van der Waals surface area (Å²) in [4.78, 5) is 50.1. The molecule has 3 amide bonds. The van der Waals surface area contributed by atoms with Gasteiger partial charge in [0.05, 0.1) is 57.3 Å². The molecule has 31 heteroatoms. The normalized spacial score (nSPS) is 40.7. The molecule has 0 aromatic carbocycles. The number of rotatable bonds is 22. The average molecular weight is 1030 g/mol. The second-order valence-corrected chi connectivity index (χ2v) is 17.4. The van der Waals surface area contributed by atoms with Crippen molar-refractivity contribution in [3.8, 4) is 0 Å². The molecule has 19 N–H and O–H groups in total. The molecule has 4 aliphatic heterocycles. The fourth-order valence-electron chi connectivity index (χ4n) is 8.37. The molecule has 31 nitrogen and oxygen atoms in total. The molecule has 70 heavy (non-hydrogen) atoms. The van der Waals surface area contributed by atoms with Crippen LogP contribution >= 0.6 is 0 Å². The first-order valence-electron chi connectivity index (χ1n) is 22.0. The second kappa shape index (κ2) is 25.8. The van der Waals surface area contributed by atoms with Crippen LogP contribution in [0.25, 0.3) is 0 Å². The maximum Gasteiger partial charge on any atom is 0.364 e. The van der Waals surface area contributed by atoms with Crippen molar-refractivity contribution < 1.29 is 139 Å². The van der Waals surface area contributed by atoms with Gasteiger partial charge in [-0.05, 0) is 6.92 Å². The monoisotopic (exact) mass is 1030 g/mol. The minimum atomic E-state index is -3.05. The Kier molecular flexibility index (Phi) is 21.9. The molecule has 406 valence electrons. The number of hydrogen-bond acceptors (Lipinski definition) is 27. The third-order valence-corrected chi connectivity index (χ3v) is 12.1. The van der Waals surface area contributed by atoms with Gasteiger partial charge < -0.3 is 136 Å². The lowest BCUT2D eigenvalue weighted by Crippen LogP contribution is -2.71. The molecule has 25 atom stereocenters. The van der Waals surface area contributed by atoms with Crippen molar-refractivity contribution in [2.45, 2.75) is 187 Å². The Balaban J connectivity index is 1.76. The van der Waals surface area contributed by atoms with Gasteiger partial charge in [-0.1, -0.05) is 0 Å². The van der Waals surface area contributed by atoms with Crippen LogP contribution in [-0.4, -0.2) is 291 Å². The largest absolute Gasteiger partial charge is 0.477 e. The number of carbonyl (C=O) groups is 4. The van der Waals surface area contributed by atoms with E-state index in [1.54, 1.807) is 0 Å². The molecular weight excluding hydrogens is 958 g/mol. The van der Waals surface area contributed by atoms with E-state index in [1.807, 2.05) is 0 Å². The van der Waals surface area contributed by atoms with Crippen molar-refractivity contribution in [3.05, 3.63) is 0 Å². The zero-order valence-electron chi connectivity index (χ0n) is 38.2. The number of aliphatic carboxylic acids is 1. The molecule has 0 unspecified atom stereocenters. The summed E-state index contributed by atoms with van der Waals surface area (Å²) < 4.78 is 46.3. The summed E-state index contributed by atoms with van der Waals surface area (Å²) in [6, 6.07) is -5.29. The number of amides is 3. The van der Waals surface area contributed by atoms with Gasteiger partial charge in [-0.25, -0.2) is 4.79 Å². The van der Waals surface area contributed by atoms with Crippen LogP contribution in [0.2, 0.25) is 0 Å². The van der Waals surface area contributed by atoms with Gasteiger partial charge in [-0.3, -0.25) is 14.4 Å². The highest BCUT2D eigenvalue weighted by Crippen LogP contribution is 2.37. The standard InChI is InChI=1S/C39H67N3O28/c1-11-23(53)27(57)29(59)36(64-11)68-32-20(9-46)66-35(22(42-14(4)49)34(32)69-37-30(60)28(58)26(56)19(8-45)65-37)67-31(15(6-43)40-12(2)47)25(55)18(52)10-63-39(38(61)62)5-16(50)21(41-13(3)48)33(70-39)24(54)17(51)7-44/h11,15-37,43-46,50-60H,5-10H2,1-4H3,(H,40,47)(H,41,48)(H,42,49)(H,61,62)/t11-,15-,16-,17+,18+,19+,20+,21+,22+,23+,24+,25-,26-,27+,28-,29-,30+,31+,32+,33+,34+,35-,36-,37-,39+/m0/s1. The Hall–Kier alpha value is -3.04. The maximum absolute atomic E-state index is 13.0. The molecule has 0 radical (unpaired) electrons. The lowest BCUT2D eigenvalue weighted by molar-refractivity contribution is -0.377. The van der Waals surface area contributed by atoms with Gasteiger partial charge in [0.2, 0.25) is 17.7 Å². The topological polar surface area (TPSA) is 502 Å². The van der Waals surface area contributed by atoms with Crippen molar-refractivity contribution in [2.75, 3.05) is 33.0 Å². The third kappa shape index (κ3) is 13.8. The second-order valence-electron chi connectivity index (χ2n) is 17.4. The Bertz CT molecular complexity index is 1710. The molecule has 0 aromatic heterocycles. The zero-order chi connectivity index (χ0) is 52.7. The van der Waals surface area contributed by atoms with Crippen LogP contribution in [0.5, 0.6) is 0 Å². The van der Waals surface area contributed by atoms with E-state index in [9.17, 15) is 101 Å². The zero-order valence-corrected chi connectivity index (χ0v) is 38.2. The van der Waals surface area contributed by atoms with E-state index in [1.165, 1.54) is 6.92 Å². The van der Waals surface area contributed by atoms with E-state index in [-0.39, 0.29) is 0 Å². The molecule has 4 aliphatic rings. The van der Waals surface area contributed by atoms with Crippen molar-refractivity contribution in [3.63, 3.8) is 0 Å². The van der Waals surface area contributed by atoms with Gasteiger partial charge in [0.25, 0.3) is 5.79 Å². The van der Waals surface area contributed by atoms with Gasteiger partial charge in [0.1, 0.15) is 104 Å². The molecule has 4 heterocycles. The fourth-order valence-corrected chi connectivity index (χ4v) is 8.37. The molecule has 4 rings (SSSR count). The highest BCUT2D eigenvalue weighted by atomic mass is 16.8. The van der Waals surface area contributed by atoms with Crippen molar-refractivity contribution >= 4 is 23.7 Å². The van der Waals surface area contributed by atoms with Crippen LogP contribution in [0.4, 0.5) is 0 Å². The predicted molar refractivity (Wildman–Crippen MR) is 219 cm³/mol. The first kappa shape index (κ1) is 59.5. The highest BCUT2D eigenvalue weighted by Gasteiger charge is 2.58. The molecule has 0 bridgehead atoms. The summed E-state index contributed by atoms with van der Waals surface area (Å²) in [7, 11) is 0. The molecule has 0 aliphatic carbocycles. The number of carbonyl (C=O) groups excluding carboxylic acids is 3. The quantitative estimate of drug-likeness (QED) is 0.0479. The smallest absolute Gasteiger partial charge is 0.364 e. The molecule has 4 fully saturated rings. The molecule has 0 saturated carbocycles. The molecular formula is C39H67N3O28. The fraction of sp³-hybridized carbons (Fsp3) is 0.897. The Morgan fingerprint density at radius 1 is 0.657 bits per heavy atom. The predicted octanol–water partition coefficient (Wildman–Crippen LogP) is -11.6. The van der Waals surface area contributed by atoms with Crippen LogP contribution in [0.15, 0.2) is 0 Å². The number of hydrogen-bond donors (Lipinski definition) is 19. The highest BCUT2D eigenvalue weighted by molar-refractivity contribution is 5.76. The lowest BCUT2D eigenvalue weighted by atomic mass is 9.88. The third-order valence-electron chi connectivity index (χ3n) is 12.1. The minimum Gasteiger partial charge on any atom is -0.477 e. The Morgan fingerprint density at radius 2 is 1.20 bits per heavy atom. The minimum absolute atomic E-state index is 0.802. The first-order chi connectivity index (χ1) is 32.8. The van der Waals surface area contributed by atoms with Crippen molar-refractivity contribution in [2.24, 2.45) is 0 Å². The maximum atomic E-state index is 13.0. The van der Waals surface area contributed by atoms with E-state index in [2.05, 4.69) is 16.0 Å². The molecule has 0 aromatic rings. The van der Waals surface area contributed by atoms with Crippen LogP contribution in [0.1, 0.15) is 34.1 Å². The number of carboxylic acid groups (broad SMARTS) is 1. The van der Waals surface area contributed by atoms with Gasteiger partial charge in [0.15, 0.2) is 18.9 Å². The Labute approximate surface area is 397 Å². The number of aliphatic hydroxyl groups is 15. The first-order valence-corrected chi connectivity index (χ1v) is 22.0. The van der Waals surface area contributed by atoms with Crippen molar-refractivity contribution in [1.29, 1.82) is 0 Å². The van der Waals surface area contributed by atoms with Crippen LogP contribution in [0.3, 0.4) is 0 Å². The van der Waals surface area contributed by atoms with Gasteiger partial charge in [0, 0.05) is 27.2 Å². The van der Waals surface area contributed by atoms with E-state index in [0.717, 1.165) is 20.8 Å². The summed E-state index contributed by atoms with van der Waals surface area (Å²) in [5.41, 5.74) is 0. The molecule has 0 spiro atoms. The van der Waals surface area contributed by atoms with E-state index in [0.29, 0.717) is 0 Å². The van der Waals surface area contributed by atoms with E-state index in [4.69, 9.17) is 37.9 Å². The summed E-state index contributed by atoms with van der Waals surface area (Å²) in [6.07, 6.45) is -42.5. The average Bonchev–Trinajstić information content (AvgIpc) is 3.31. The molecule has 4 saturated heterocycles. The van der Waals surface area contributed by atoms with Crippen LogP contribution < -0.4 is 16.0 Å². The van der Waals surface area contributed by atoms with Crippen molar-refractivity contribution in [1.82, 2.24) is 16.0 Å². The Morgan fingerprint density at radius 3 is 1.73 bits per heavy atom. The van der Waals surface area contributed by atoms with Crippen LogP contribution in [0, 0.1) is 0 Å². The van der Waals surface area contributed by atoms with E-state index >= 15 is 0 Å². The number of carboxylic acids is 1. The number of ether oxygens (including phenoxy) is 8. The summed E-state index contributed by atoms with van der Waals surface area (Å²) >= 11 is 0. The van der Waals surface area contributed by atoms with Crippen LogP contribution in [-0.2, 0) is 57.1 Å². The van der Waals surface area contributed by atoms with Gasteiger partial charge in [-0.2, -0.15) is 0 Å². The lowest BCUT2D eigenvalue weighted by Gasteiger charge is -2.51.